The van der Waals surface area contributed by atoms with Gasteiger partial charge in [-0.1, -0.05) is 42.5 Å². The molecule has 0 amide bonds. The van der Waals surface area contributed by atoms with Gasteiger partial charge in [0.15, 0.2) is 0 Å². The molecular formula is C16H22O2. The SMILES string of the molecule is C/C=C\CCCC1(COCc2ccccc2)CO1. The van der Waals surface area contributed by atoms with Crippen molar-refractivity contribution < 1.29 is 9.47 Å². The molecule has 0 saturated carbocycles. The van der Waals surface area contributed by atoms with Crippen LogP contribution in [0.1, 0.15) is 31.7 Å². The highest BCUT2D eigenvalue weighted by Gasteiger charge is 2.44. The van der Waals surface area contributed by atoms with Gasteiger partial charge in [0.05, 0.1) is 19.8 Å². The normalized spacial score (nSPS) is 22.5. The van der Waals surface area contributed by atoms with Crippen LogP contribution in [0, 0.1) is 0 Å². The quantitative estimate of drug-likeness (QED) is 0.396. The summed E-state index contributed by atoms with van der Waals surface area (Å²) in [5, 5.41) is 0. The summed E-state index contributed by atoms with van der Waals surface area (Å²) in [7, 11) is 0. The first-order chi connectivity index (χ1) is 8.85. The molecule has 1 aliphatic heterocycles. The Morgan fingerprint density at radius 1 is 1.33 bits per heavy atom. The number of epoxide rings is 1. The number of ether oxygens (including phenoxy) is 2. The fourth-order valence-electron chi connectivity index (χ4n) is 2.04. The molecule has 1 atom stereocenters. The van der Waals surface area contributed by atoms with Gasteiger partial charge in [-0.15, -0.1) is 0 Å². The number of unbranched alkanes of at least 4 members (excludes halogenated alkanes) is 1. The summed E-state index contributed by atoms with van der Waals surface area (Å²) in [5.74, 6) is 0. The number of hydrogen-bond acceptors (Lipinski definition) is 2. The molecule has 0 bridgehead atoms. The highest BCUT2D eigenvalue weighted by Crippen LogP contribution is 2.33. The van der Waals surface area contributed by atoms with E-state index < -0.39 is 0 Å². The highest BCUT2D eigenvalue weighted by molar-refractivity contribution is 5.13. The van der Waals surface area contributed by atoms with Gasteiger partial charge in [0.1, 0.15) is 5.60 Å². The van der Waals surface area contributed by atoms with E-state index in [-0.39, 0.29) is 5.60 Å². The fourth-order valence-corrected chi connectivity index (χ4v) is 2.04. The summed E-state index contributed by atoms with van der Waals surface area (Å²) in [6.45, 7) is 4.32. The number of allylic oxidation sites excluding steroid dienone is 2. The van der Waals surface area contributed by atoms with Crippen molar-refractivity contribution in [3.8, 4) is 0 Å². The molecule has 2 nitrogen and oxygen atoms in total. The van der Waals surface area contributed by atoms with Crippen LogP contribution in [0.2, 0.25) is 0 Å². The van der Waals surface area contributed by atoms with Crippen LogP contribution in [-0.4, -0.2) is 18.8 Å². The number of rotatable bonds is 8. The topological polar surface area (TPSA) is 21.8 Å². The van der Waals surface area contributed by atoms with Crippen LogP contribution >= 0.6 is 0 Å². The number of benzene rings is 1. The summed E-state index contributed by atoms with van der Waals surface area (Å²) >= 11 is 0. The third-order valence-electron chi connectivity index (χ3n) is 3.27. The molecule has 0 radical (unpaired) electrons. The van der Waals surface area contributed by atoms with Crippen molar-refractivity contribution >= 4 is 0 Å². The molecule has 1 heterocycles. The monoisotopic (exact) mass is 246 g/mol. The van der Waals surface area contributed by atoms with E-state index in [1.807, 2.05) is 18.2 Å². The molecule has 1 unspecified atom stereocenters. The van der Waals surface area contributed by atoms with E-state index in [0.29, 0.717) is 6.61 Å². The van der Waals surface area contributed by atoms with Crippen molar-refractivity contribution in [3.05, 3.63) is 48.0 Å². The molecule has 1 aromatic carbocycles. The first-order valence-corrected chi connectivity index (χ1v) is 6.71. The summed E-state index contributed by atoms with van der Waals surface area (Å²) in [4.78, 5) is 0. The van der Waals surface area contributed by atoms with E-state index in [1.54, 1.807) is 0 Å². The Bertz CT molecular complexity index is 366. The molecule has 1 aliphatic rings. The van der Waals surface area contributed by atoms with Gasteiger partial charge in [0.25, 0.3) is 0 Å². The second kappa shape index (κ2) is 6.72. The molecular weight excluding hydrogens is 224 g/mol. The minimum atomic E-state index is 0.0242. The van der Waals surface area contributed by atoms with Crippen molar-refractivity contribution in [1.29, 1.82) is 0 Å². The van der Waals surface area contributed by atoms with Gasteiger partial charge >= 0.3 is 0 Å². The fraction of sp³-hybridized carbons (Fsp3) is 0.500. The second-order valence-electron chi connectivity index (χ2n) is 4.91. The van der Waals surface area contributed by atoms with Crippen LogP contribution in [0.25, 0.3) is 0 Å². The van der Waals surface area contributed by atoms with Gasteiger partial charge < -0.3 is 9.47 Å². The van der Waals surface area contributed by atoms with Crippen LogP contribution in [0.5, 0.6) is 0 Å². The second-order valence-corrected chi connectivity index (χ2v) is 4.91. The minimum Gasteiger partial charge on any atom is -0.374 e. The summed E-state index contributed by atoms with van der Waals surface area (Å²) < 4.78 is 11.3. The number of hydrogen-bond donors (Lipinski definition) is 0. The van der Waals surface area contributed by atoms with Gasteiger partial charge in [0.2, 0.25) is 0 Å². The molecule has 0 aromatic heterocycles. The molecule has 1 fully saturated rings. The molecule has 1 saturated heterocycles. The predicted molar refractivity (Wildman–Crippen MR) is 73.4 cm³/mol. The predicted octanol–water partition coefficient (Wildman–Crippen LogP) is 3.72. The van der Waals surface area contributed by atoms with E-state index in [1.165, 1.54) is 12.0 Å². The van der Waals surface area contributed by atoms with Crippen LogP contribution in [-0.2, 0) is 16.1 Å². The minimum absolute atomic E-state index is 0.0242. The lowest BCUT2D eigenvalue weighted by atomic mass is 10.0. The summed E-state index contributed by atoms with van der Waals surface area (Å²) in [5.41, 5.74) is 1.25. The van der Waals surface area contributed by atoms with Gasteiger partial charge in [-0.2, -0.15) is 0 Å². The van der Waals surface area contributed by atoms with Gasteiger partial charge in [-0.25, -0.2) is 0 Å². The standard InChI is InChI=1S/C16H22O2/c1-2-3-4-8-11-16(14-18-16)13-17-12-15-9-6-5-7-10-15/h2-3,5-7,9-10H,4,8,11-14H2,1H3/b3-2-. The Labute approximate surface area is 110 Å². The van der Waals surface area contributed by atoms with Gasteiger partial charge in [0, 0.05) is 0 Å². The van der Waals surface area contributed by atoms with E-state index in [9.17, 15) is 0 Å². The van der Waals surface area contributed by atoms with Crippen molar-refractivity contribution in [3.63, 3.8) is 0 Å². The molecule has 0 aliphatic carbocycles. The van der Waals surface area contributed by atoms with E-state index in [2.05, 4.69) is 31.2 Å². The van der Waals surface area contributed by atoms with Gasteiger partial charge in [-0.3, -0.25) is 0 Å². The average molecular weight is 246 g/mol. The third-order valence-corrected chi connectivity index (χ3v) is 3.27. The van der Waals surface area contributed by atoms with Crippen molar-refractivity contribution in [2.75, 3.05) is 13.2 Å². The van der Waals surface area contributed by atoms with Gasteiger partial charge in [-0.05, 0) is 31.7 Å². The van der Waals surface area contributed by atoms with Crippen LogP contribution in [0.4, 0.5) is 0 Å². The Morgan fingerprint density at radius 2 is 2.11 bits per heavy atom. The molecule has 2 rings (SSSR count). The maximum Gasteiger partial charge on any atom is 0.115 e. The van der Waals surface area contributed by atoms with Crippen molar-refractivity contribution in [2.45, 2.75) is 38.4 Å². The average Bonchev–Trinajstić information content (AvgIpc) is 3.17. The molecule has 18 heavy (non-hydrogen) atoms. The lowest BCUT2D eigenvalue weighted by Gasteiger charge is -2.11. The Morgan fingerprint density at radius 3 is 2.78 bits per heavy atom. The van der Waals surface area contributed by atoms with Crippen LogP contribution in [0.3, 0.4) is 0 Å². The zero-order valence-electron chi connectivity index (χ0n) is 11.1. The Kier molecular flexibility index (Phi) is 4.97. The highest BCUT2D eigenvalue weighted by atomic mass is 16.6. The van der Waals surface area contributed by atoms with E-state index in [0.717, 1.165) is 26.1 Å². The Balaban J connectivity index is 1.64. The van der Waals surface area contributed by atoms with Crippen molar-refractivity contribution in [1.82, 2.24) is 0 Å². The first kappa shape index (κ1) is 13.3. The largest absolute Gasteiger partial charge is 0.374 e. The van der Waals surface area contributed by atoms with Crippen LogP contribution in [0.15, 0.2) is 42.5 Å². The smallest absolute Gasteiger partial charge is 0.115 e. The van der Waals surface area contributed by atoms with E-state index in [4.69, 9.17) is 9.47 Å². The summed E-state index contributed by atoms with van der Waals surface area (Å²) in [6.07, 6.45) is 7.73. The maximum absolute atomic E-state index is 5.76. The zero-order chi connectivity index (χ0) is 12.7. The molecule has 0 spiro atoms. The molecule has 1 aromatic rings. The maximum atomic E-state index is 5.76. The first-order valence-electron chi connectivity index (χ1n) is 6.71. The lowest BCUT2D eigenvalue weighted by molar-refractivity contribution is 0.0635. The van der Waals surface area contributed by atoms with E-state index >= 15 is 0 Å². The summed E-state index contributed by atoms with van der Waals surface area (Å²) in [6, 6.07) is 10.3. The van der Waals surface area contributed by atoms with Crippen molar-refractivity contribution in [2.24, 2.45) is 0 Å². The molecule has 2 heteroatoms. The lowest BCUT2D eigenvalue weighted by Crippen LogP contribution is -2.19. The molecule has 98 valence electrons. The molecule has 0 N–H and O–H groups in total. The Hall–Kier alpha value is -1.12. The van der Waals surface area contributed by atoms with Crippen LogP contribution < -0.4 is 0 Å². The third kappa shape index (κ3) is 4.28. The zero-order valence-corrected chi connectivity index (χ0v) is 11.1.